The maximum atomic E-state index is 12.6. The van der Waals surface area contributed by atoms with Crippen molar-refractivity contribution < 1.29 is 9.18 Å². The quantitative estimate of drug-likeness (QED) is 0.389. The van der Waals surface area contributed by atoms with E-state index in [2.05, 4.69) is 0 Å². The average Bonchev–Trinajstić information content (AvgIpc) is 2.14. The Morgan fingerprint density at radius 1 is 1.70 bits per heavy atom. The monoisotopic (exact) mass is 143 g/mol. The third kappa shape index (κ3) is 1.55. The Labute approximate surface area is 59.6 Å². The molecule has 0 aromatic heterocycles. The first kappa shape index (κ1) is 7.69. The summed E-state index contributed by atoms with van der Waals surface area (Å²) in [5, 5.41) is 0. The topological polar surface area (TPSA) is 46.3 Å². The highest BCUT2D eigenvalue weighted by Gasteiger charge is 2.29. The zero-order valence-electron chi connectivity index (χ0n) is 5.53. The molecule has 0 bridgehead atoms. The zero-order valence-corrected chi connectivity index (χ0v) is 5.53. The van der Waals surface area contributed by atoms with Crippen LogP contribution in [-0.2, 0) is 4.79 Å². The molecule has 2 atom stereocenters. The first-order valence-electron chi connectivity index (χ1n) is 3.16. The van der Waals surface area contributed by atoms with E-state index in [-0.39, 0.29) is 6.54 Å². The second kappa shape index (κ2) is 3.12. The number of rotatable bonds is 2. The number of hydrogen-bond acceptors (Lipinski definition) is 3. The molecule has 0 spiro atoms. The van der Waals surface area contributed by atoms with E-state index in [4.69, 9.17) is 5.73 Å². The molecular weight excluding hydrogens is 134 g/mol. The fourth-order valence-electron chi connectivity index (χ4n) is 1.03. The molecule has 1 fully saturated rings. The van der Waals surface area contributed by atoms with E-state index in [1.54, 1.807) is 4.81 Å². The Hall–Kier alpha value is -0.415. The van der Waals surface area contributed by atoms with Gasteiger partial charge >= 0.3 is 0 Å². The van der Waals surface area contributed by atoms with Crippen LogP contribution in [0, 0.1) is 0 Å². The fraction of sp³-hybridized carbons (Fsp3) is 0.800. The molecular formula is C5H9BFN2O. The molecule has 1 rings (SSSR count). The molecule has 0 aromatic rings. The number of carbonyl (C=O) groups is 1. The highest BCUT2D eigenvalue weighted by molar-refractivity contribution is 6.64. The smallest absolute Gasteiger partial charge is 0.293 e. The van der Waals surface area contributed by atoms with Gasteiger partial charge in [0.25, 0.3) is 7.41 Å². The predicted octanol–water partition coefficient (Wildman–Crippen LogP) is -1.22. The Bertz CT molecular complexity index is 125. The standard InChI is InChI=1S/C5H9BFN2O/c7-4-1-9(6-3-10)2-5(4)8/h3-5H,1-2,8H2/t4-,5+/m1/s1. The summed E-state index contributed by atoms with van der Waals surface area (Å²) in [5.41, 5.74) is 5.35. The van der Waals surface area contributed by atoms with Gasteiger partial charge in [0.2, 0.25) is 0 Å². The molecule has 1 saturated heterocycles. The molecule has 0 saturated carbocycles. The van der Waals surface area contributed by atoms with Crippen molar-refractivity contribution in [2.45, 2.75) is 12.2 Å². The van der Waals surface area contributed by atoms with E-state index in [1.807, 2.05) is 0 Å². The number of carbonyl (C=O) groups excluding carboxylic acids is 1. The lowest BCUT2D eigenvalue weighted by molar-refractivity contribution is 0.324. The Kier molecular flexibility index (Phi) is 2.40. The van der Waals surface area contributed by atoms with Crippen LogP contribution in [0.25, 0.3) is 0 Å². The van der Waals surface area contributed by atoms with E-state index >= 15 is 0 Å². The van der Waals surface area contributed by atoms with Crippen LogP contribution in [0.15, 0.2) is 0 Å². The van der Waals surface area contributed by atoms with Crippen LogP contribution in [-0.4, -0.2) is 43.7 Å². The maximum absolute atomic E-state index is 12.6. The van der Waals surface area contributed by atoms with Crippen molar-refractivity contribution in [3.8, 4) is 0 Å². The van der Waals surface area contributed by atoms with Crippen LogP contribution in [0.2, 0.25) is 0 Å². The number of hydrogen-bond donors (Lipinski definition) is 1. The molecule has 1 radical (unpaired) electrons. The Balaban J connectivity index is 2.33. The molecule has 1 aliphatic rings. The van der Waals surface area contributed by atoms with E-state index in [9.17, 15) is 9.18 Å². The van der Waals surface area contributed by atoms with Crippen LogP contribution in [0.4, 0.5) is 4.39 Å². The first-order chi connectivity index (χ1) is 4.74. The van der Waals surface area contributed by atoms with Crippen molar-refractivity contribution in [2.75, 3.05) is 13.1 Å². The van der Waals surface area contributed by atoms with Crippen molar-refractivity contribution in [1.29, 1.82) is 0 Å². The molecule has 10 heavy (non-hydrogen) atoms. The van der Waals surface area contributed by atoms with Crippen LogP contribution < -0.4 is 5.73 Å². The van der Waals surface area contributed by atoms with Gasteiger partial charge in [-0.1, -0.05) is 0 Å². The molecule has 0 aromatic carbocycles. The van der Waals surface area contributed by atoms with Crippen LogP contribution >= 0.6 is 0 Å². The summed E-state index contributed by atoms with van der Waals surface area (Å²) in [5.74, 6) is 0. The van der Waals surface area contributed by atoms with Gasteiger partial charge in [0.05, 0.1) is 6.19 Å². The van der Waals surface area contributed by atoms with Crippen molar-refractivity contribution >= 4 is 13.6 Å². The van der Waals surface area contributed by atoms with Gasteiger partial charge in [-0.05, 0) is 0 Å². The van der Waals surface area contributed by atoms with E-state index in [1.165, 1.54) is 7.41 Å². The van der Waals surface area contributed by atoms with Crippen LogP contribution in [0.3, 0.4) is 0 Å². The van der Waals surface area contributed by atoms with Gasteiger partial charge in [0.1, 0.15) is 6.17 Å². The van der Waals surface area contributed by atoms with Gasteiger partial charge in [-0.2, -0.15) is 0 Å². The van der Waals surface area contributed by atoms with Gasteiger partial charge in [0.15, 0.2) is 0 Å². The Morgan fingerprint density at radius 3 is 2.80 bits per heavy atom. The van der Waals surface area contributed by atoms with Gasteiger partial charge in [0, 0.05) is 19.1 Å². The van der Waals surface area contributed by atoms with Gasteiger partial charge < -0.3 is 15.3 Å². The lowest BCUT2D eigenvalue weighted by Crippen LogP contribution is -2.31. The van der Waals surface area contributed by atoms with Crippen molar-refractivity contribution in [3.05, 3.63) is 0 Å². The summed E-state index contributed by atoms with van der Waals surface area (Å²) in [6, 6.07) is -0.434. The summed E-state index contributed by atoms with van der Waals surface area (Å²) in [6.07, 6.45) is -0.346. The molecule has 1 aliphatic heterocycles. The maximum Gasteiger partial charge on any atom is 0.293 e. The second-order valence-corrected chi connectivity index (χ2v) is 2.42. The molecule has 55 valence electrons. The van der Waals surface area contributed by atoms with Crippen LogP contribution in [0.5, 0.6) is 0 Å². The molecule has 3 nitrogen and oxygen atoms in total. The molecule has 1 heterocycles. The largest absolute Gasteiger partial charge is 0.336 e. The zero-order chi connectivity index (χ0) is 7.56. The minimum atomic E-state index is -0.990. The second-order valence-electron chi connectivity index (χ2n) is 2.42. The van der Waals surface area contributed by atoms with Crippen LogP contribution in [0.1, 0.15) is 0 Å². The molecule has 2 N–H and O–H groups in total. The SMILES string of the molecule is N[C@H]1CN([B]C=O)C[C@H]1F. The summed E-state index contributed by atoms with van der Waals surface area (Å²) in [4.78, 5) is 11.5. The van der Waals surface area contributed by atoms with Crippen molar-refractivity contribution in [1.82, 2.24) is 4.81 Å². The number of alkyl halides is 1. The van der Waals surface area contributed by atoms with Crippen molar-refractivity contribution in [3.63, 3.8) is 0 Å². The normalized spacial score (nSPS) is 34.2. The lowest BCUT2D eigenvalue weighted by Gasteiger charge is -2.07. The minimum Gasteiger partial charge on any atom is -0.336 e. The molecule has 5 heteroatoms. The summed E-state index contributed by atoms with van der Waals surface area (Å²) in [6.45, 7) is 0.694. The molecule has 0 amide bonds. The third-order valence-electron chi connectivity index (χ3n) is 1.59. The van der Waals surface area contributed by atoms with Gasteiger partial charge in [-0.25, -0.2) is 4.39 Å². The first-order valence-corrected chi connectivity index (χ1v) is 3.16. The Morgan fingerprint density at radius 2 is 2.40 bits per heavy atom. The van der Waals surface area contributed by atoms with E-state index in [0.29, 0.717) is 12.7 Å². The number of nitrogens with two attached hydrogens (primary N) is 1. The van der Waals surface area contributed by atoms with E-state index in [0.717, 1.165) is 0 Å². The van der Waals surface area contributed by atoms with Crippen molar-refractivity contribution in [2.24, 2.45) is 5.73 Å². The predicted molar refractivity (Wildman–Crippen MR) is 36.9 cm³/mol. The molecule has 0 aliphatic carbocycles. The summed E-state index contributed by atoms with van der Waals surface area (Å²) in [7, 11) is 1.32. The highest BCUT2D eigenvalue weighted by Crippen LogP contribution is 2.08. The number of halogens is 1. The lowest BCUT2D eigenvalue weighted by atomic mass is 9.96. The van der Waals surface area contributed by atoms with E-state index < -0.39 is 12.2 Å². The fourth-order valence-corrected chi connectivity index (χ4v) is 1.03. The van der Waals surface area contributed by atoms with Gasteiger partial charge in [-0.3, -0.25) is 0 Å². The number of nitrogens with zero attached hydrogens (tertiary/aromatic N) is 1. The summed E-state index contributed by atoms with van der Waals surface area (Å²) < 4.78 is 12.6. The summed E-state index contributed by atoms with van der Waals surface area (Å²) >= 11 is 0. The minimum absolute atomic E-state index is 0.250. The highest BCUT2D eigenvalue weighted by atomic mass is 19.1. The molecule has 0 unspecified atom stereocenters. The van der Waals surface area contributed by atoms with Gasteiger partial charge in [-0.15, -0.1) is 0 Å². The third-order valence-corrected chi connectivity index (χ3v) is 1.59. The average molecular weight is 143 g/mol.